The summed E-state index contributed by atoms with van der Waals surface area (Å²) in [6, 6.07) is 7.23. The summed E-state index contributed by atoms with van der Waals surface area (Å²) in [5.74, 6) is 0.611. The van der Waals surface area contributed by atoms with Crippen molar-refractivity contribution in [3.05, 3.63) is 30.0 Å². The number of fused-ring (bicyclic) bond motifs is 2. The van der Waals surface area contributed by atoms with Crippen LogP contribution in [-0.4, -0.2) is 46.8 Å². The first-order chi connectivity index (χ1) is 13.3. The van der Waals surface area contributed by atoms with Gasteiger partial charge in [0.05, 0.1) is 11.4 Å². The van der Waals surface area contributed by atoms with Crippen LogP contribution in [0, 0.1) is 11.8 Å². The van der Waals surface area contributed by atoms with Gasteiger partial charge in [0.15, 0.2) is 11.3 Å². The molecule has 3 atom stereocenters. The summed E-state index contributed by atoms with van der Waals surface area (Å²) in [5, 5.41) is 7.57. The van der Waals surface area contributed by atoms with Crippen LogP contribution in [0.5, 0.6) is 0 Å². The zero-order valence-corrected chi connectivity index (χ0v) is 16.6. The van der Waals surface area contributed by atoms with E-state index in [4.69, 9.17) is 9.26 Å². The molecule has 150 valence electrons. The molecule has 1 N–H and O–H groups in total. The van der Waals surface area contributed by atoms with Crippen molar-refractivity contribution in [2.75, 3.05) is 13.1 Å². The number of ether oxygens (including phenoxy) is 1. The Balaban J connectivity index is 1.48. The van der Waals surface area contributed by atoms with Crippen LogP contribution in [0.4, 0.5) is 4.79 Å². The van der Waals surface area contributed by atoms with Crippen molar-refractivity contribution in [2.45, 2.75) is 51.7 Å². The molecule has 0 unspecified atom stereocenters. The number of rotatable bonds is 3. The number of hydrogen-bond donors (Lipinski definition) is 1. The molecule has 1 aromatic carbocycles. The Labute approximate surface area is 164 Å². The van der Waals surface area contributed by atoms with Crippen molar-refractivity contribution in [3.63, 3.8) is 0 Å². The Morgan fingerprint density at radius 1 is 1.29 bits per heavy atom. The van der Waals surface area contributed by atoms with Gasteiger partial charge in [0.1, 0.15) is 5.60 Å². The summed E-state index contributed by atoms with van der Waals surface area (Å²) in [5.41, 5.74) is 0.322. The Morgan fingerprint density at radius 2 is 2.07 bits per heavy atom. The maximum absolute atomic E-state index is 12.7. The molecule has 7 nitrogen and oxygen atoms in total. The minimum Gasteiger partial charge on any atom is -0.444 e. The highest BCUT2D eigenvalue weighted by molar-refractivity contribution is 6.03. The van der Waals surface area contributed by atoms with Crippen LogP contribution in [-0.2, 0) is 4.74 Å². The summed E-state index contributed by atoms with van der Waals surface area (Å²) in [7, 11) is 0. The van der Waals surface area contributed by atoms with Gasteiger partial charge in [-0.2, -0.15) is 0 Å². The SMILES string of the molecule is CC(C)(C)OC(=O)N1C[C@@H]2CCC[C@@H]2[C@H]1CNC(=O)c1noc2ccccc12. The first kappa shape index (κ1) is 18.8. The highest BCUT2D eigenvalue weighted by Gasteiger charge is 2.47. The van der Waals surface area contributed by atoms with E-state index in [0.717, 1.165) is 12.8 Å². The zero-order chi connectivity index (χ0) is 19.9. The van der Waals surface area contributed by atoms with Gasteiger partial charge in [0.2, 0.25) is 0 Å². The van der Waals surface area contributed by atoms with E-state index in [1.54, 1.807) is 11.0 Å². The maximum atomic E-state index is 12.7. The van der Waals surface area contributed by atoms with Gasteiger partial charge in [0, 0.05) is 13.1 Å². The van der Waals surface area contributed by atoms with Crippen LogP contribution >= 0.6 is 0 Å². The molecule has 0 radical (unpaired) electrons. The number of likely N-dealkylation sites (tertiary alicyclic amines) is 1. The van der Waals surface area contributed by atoms with Crippen LogP contribution in [0.1, 0.15) is 50.5 Å². The number of nitrogens with zero attached hydrogens (tertiary/aromatic N) is 2. The molecular weight excluding hydrogens is 358 g/mol. The molecule has 2 heterocycles. The van der Waals surface area contributed by atoms with Gasteiger partial charge < -0.3 is 19.5 Å². The van der Waals surface area contributed by atoms with E-state index in [9.17, 15) is 9.59 Å². The van der Waals surface area contributed by atoms with Crippen molar-refractivity contribution >= 4 is 23.0 Å². The summed E-state index contributed by atoms with van der Waals surface area (Å²) in [6.07, 6.45) is 3.09. The third-order valence-electron chi connectivity index (χ3n) is 5.74. The van der Waals surface area contributed by atoms with Crippen LogP contribution in [0.15, 0.2) is 28.8 Å². The molecule has 0 spiro atoms. The molecule has 1 aliphatic carbocycles. The molecule has 2 aromatic rings. The second-order valence-corrected chi connectivity index (χ2v) is 8.79. The van der Waals surface area contributed by atoms with E-state index in [1.807, 2.05) is 39.0 Å². The van der Waals surface area contributed by atoms with E-state index >= 15 is 0 Å². The first-order valence-electron chi connectivity index (χ1n) is 9.96. The normalized spacial score (nSPS) is 24.4. The second-order valence-electron chi connectivity index (χ2n) is 8.79. The van der Waals surface area contributed by atoms with Gasteiger partial charge in [-0.05, 0) is 57.6 Å². The van der Waals surface area contributed by atoms with E-state index < -0.39 is 5.60 Å². The number of nitrogens with one attached hydrogen (secondary N) is 1. The minimum absolute atomic E-state index is 0.0514. The third-order valence-corrected chi connectivity index (χ3v) is 5.74. The molecule has 2 aliphatic rings. The van der Waals surface area contributed by atoms with E-state index in [0.29, 0.717) is 35.9 Å². The molecule has 2 amide bonds. The number of aromatic nitrogens is 1. The Kier molecular flexibility index (Phi) is 4.77. The fraction of sp³-hybridized carbons (Fsp3) is 0.571. The average Bonchev–Trinajstić information content (AvgIpc) is 3.32. The molecule has 1 aromatic heterocycles. The largest absolute Gasteiger partial charge is 0.444 e. The van der Waals surface area contributed by atoms with Gasteiger partial charge in [-0.3, -0.25) is 4.79 Å². The molecular formula is C21H27N3O4. The second kappa shape index (κ2) is 7.11. The van der Waals surface area contributed by atoms with Crippen LogP contribution in [0.2, 0.25) is 0 Å². The van der Waals surface area contributed by atoms with Crippen LogP contribution in [0.25, 0.3) is 11.0 Å². The Morgan fingerprint density at radius 3 is 2.86 bits per heavy atom. The van der Waals surface area contributed by atoms with Crippen molar-refractivity contribution in [2.24, 2.45) is 11.8 Å². The lowest BCUT2D eigenvalue weighted by Crippen LogP contribution is -2.47. The Hall–Kier alpha value is -2.57. The summed E-state index contributed by atoms with van der Waals surface area (Å²) >= 11 is 0. The standard InChI is InChI=1S/C21H27N3O4/c1-21(2,3)27-20(26)24-12-13-7-6-9-14(13)16(24)11-22-19(25)18-15-8-4-5-10-17(15)28-23-18/h4-5,8,10,13-14,16H,6-7,9,11-12H2,1-3H3,(H,22,25)/t13-,14-,16+/m0/s1. The quantitative estimate of drug-likeness (QED) is 0.873. The monoisotopic (exact) mass is 385 g/mol. The van der Waals surface area contributed by atoms with Gasteiger partial charge >= 0.3 is 6.09 Å². The summed E-state index contributed by atoms with van der Waals surface area (Å²) < 4.78 is 10.8. The fourth-order valence-electron chi connectivity index (χ4n) is 4.54. The van der Waals surface area contributed by atoms with Crippen molar-refractivity contribution in [3.8, 4) is 0 Å². The topological polar surface area (TPSA) is 84.7 Å². The highest BCUT2D eigenvalue weighted by Crippen LogP contribution is 2.42. The lowest BCUT2D eigenvalue weighted by molar-refractivity contribution is 0.0200. The number of benzene rings is 1. The molecule has 4 rings (SSSR count). The number of hydrogen-bond acceptors (Lipinski definition) is 5. The minimum atomic E-state index is -0.539. The van der Waals surface area contributed by atoms with Crippen molar-refractivity contribution < 1.29 is 18.8 Å². The van der Waals surface area contributed by atoms with Gasteiger partial charge in [0.25, 0.3) is 5.91 Å². The maximum Gasteiger partial charge on any atom is 0.410 e. The van der Waals surface area contributed by atoms with Gasteiger partial charge in [-0.25, -0.2) is 4.79 Å². The molecule has 1 aliphatic heterocycles. The van der Waals surface area contributed by atoms with E-state index in [2.05, 4.69) is 10.5 Å². The van der Waals surface area contributed by atoms with Crippen molar-refractivity contribution in [1.29, 1.82) is 0 Å². The lowest BCUT2D eigenvalue weighted by Gasteiger charge is -2.30. The van der Waals surface area contributed by atoms with Gasteiger partial charge in [-0.15, -0.1) is 0 Å². The predicted octanol–water partition coefficient (Wildman–Crippen LogP) is 3.59. The smallest absolute Gasteiger partial charge is 0.410 e. The molecule has 1 saturated carbocycles. The van der Waals surface area contributed by atoms with Crippen LogP contribution < -0.4 is 5.32 Å². The molecule has 28 heavy (non-hydrogen) atoms. The zero-order valence-electron chi connectivity index (χ0n) is 16.6. The highest BCUT2D eigenvalue weighted by atomic mass is 16.6. The molecule has 1 saturated heterocycles. The fourth-order valence-corrected chi connectivity index (χ4v) is 4.54. The van der Waals surface area contributed by atoms with E-state index in [1.165, 1.54) is 6.42 Å². The van der Waals surface area contributed by atoms with Crippen molar-refractivity contribution in [1.82, 2.24) is 15.4 Å². The lowest BCUT2D eigenvalue weighted by atomic mass is 9.94. The van der Waals surface area contributed by atoms with Gasteiger partial charge in [-0.1, -0.05) is 23.7 Å². The molecule has 0 bridgehead atoms. The number of para-hydroxylation sites is 1. The number of amides is 2. The number of carbonyl (C=O) groups excluding carboxylic acids is 2. The van der Waals surface area contributed by atoms with Crippen LogP contribution in [0.3, 0.4) is 0 Å². The first-order valence-corrected chi connectivity index (χ1v) is 9.96. The van der Waals surface area contributed by atoms with E-state index in [-0.39, 0.29) is 23.7 Å². The molecule has 2 fully saturated rings. The third kappa shape index (κ3) is 3.57. The molecule has 7 heteroatoms. The summed E-state index contributed by atoms with van der Waals surface area (Å²) in [4.78, 5) is 27.2. The number of carbonyl (C=O) groups is 2. The predicted molar refractivity (Wildman–Crippen MR) is 104 cm³/mol. The summed E-state index contributed by atoms with van der Waals surface area (Å²) in [6.45, 7) is 6.70. The Bertz CT molecular complexity index is 885. The average molecular weight is 385 g/mol.